The fraction of sp³-hybridized carbons (Fsp3) is 0.986. The summed E-state index contributed by atoms with van der Waals surface area (Å²) in [6, 6.07) is -0.757. The molecule has 0 rings (SSSR count). The van der Waals surface area contributed by atoms with Crippen molar-refractivity contribution in [2.24, 2.45) is 0 Å². The summed E-state index contributed by atoms with van der Waals surface area (Å²) in [5.41, 5.74) is 0. The average molecular weight is 1140 g/mol. The minimum absolute atomic E-state index is 0.0795. The Labute approximate surface area is 495 Å². The van der Waals surface area contributed by atoms with Crippen molar-refractivity contribution in [2.45, 2.75) is 405 Å². The number of nitrogens with zero attached hydrogens (tertiary/aromatic N) is 1. The van der Waals surface area contributed by atoms with E-state index < -0.39 is 20.0 Å². The van der Waals surface area contributed by atoms with Gasteiger partial charge in [-0.1, -0.05) is 373 Å². The molecule has 0 saturated carbocycles. The lowest BCUT2D eigenvalue weighted by Gasteiger charge is -2.26. The van der Waals surface area contributed by atoms with Gasteiger partial charge in [0.25, 0.3) is 0 Å². The number of carbonyl (C=O) groups excluding carboxylic acids is 1. The molecule has 0 radical (unpaired) electrons. The number of unbranched alkanes of at least 4 members (excludes halogenated alkanes) is 55. The minimum atomic E-state index is -4.33. The van der Waals surface area contributed by atoms with E-state index in [4.69, 9.17) is 9.05 Å². The van der Waals surface area contributed by atoms with Gasteiger partial charge in [-0.15, -0.1) is 0 Å². The largest absolute Gasteiger partial charge is 0.472 e. The Morgan fingerprint density at radius 3 is 0.848 bits per heavy atom. The average Bonchev–Trinajstić information content (AvgIpc) is 3.42. The molecule has 0 spiro atoms. The Bertz CT molecular complexity index is 1250. The molecule has 0 fully saturated rings. The predicted molar refractivity (Wildman–Crippen MR) is 346 cm³/mol. The lowest BCUT2D eigenvalue weighted by molar-refractivity contribution is -0.870. The van der Waals surface area contributed by atoms with E-state index in [-0.39, 0.29) is 19.1 Å². The molecular weight excluding hydrogens is 996 g/mol. The van der Waals surface area contributed by atoms with Crippen LogP contribution >= 0.6 is 7.82 Å². The van der Waals surface area contributed by atoms with E-state index in [0.717, 1.165) is 38.5 Å². The number of amides is 1. The molecular formula is C70H144N2O6P+. The molecule has 0 aromatic rings. The highest BCUT2D eigenvalue weighted by atomic mass is 31.2. The number of quaternary nitrogens is 1. The quantitative estimate of drug-likeness (QED) is 0.0318. The molecule has 0 heterocycles. The highest BCUT2D eigenvalue weighted by Gasteiger charge is 2.28. The van der Waals surface area contributed by atoms with Crippen molar-refractivity contribution < 1.29 is 32.9 Å². The van der Waals surface area contributed by atoms with Crippen LogP contribution in [-0.2, 0) is 18.4 Å². The molecule has 3 unspecified atom stereocenters. The van der Waals surface area contributed by atoms with E-state index in [2.05, 4.69) is 19.2 Å². The van der Waals surface area contributed by atoms with E-state index in [0.29, 0.717) is 23.9 Å². The summed E-state index contributed by atoms with van der Waals surface area (Å²) < 4.78 is 23.9. The standard InChI is InChI=1S/C70H143N2O6P/c1-6-8-10-12-14-16-18-20-22-24-26-28-30-32-34-35-36-37-38-39-41-43-45-47-49-51-53-55-57-59-61-63-69(73)68(67-78-79(75,76)77-66-65-72(3,4)5)71-70(74)64-62-60-58-56-54-52-50-48-46-44-42-40-33-31-29-27-25-23-21-19-17-15-13-11-9-7-2/h68-69,73H,6-67H2,1-5H3,(H-,71,74,75,76)/p+1. The van der Waals surface area contributed by atoms with Crippen molar-refractivity contribution in [1.82, 2.24) is 5.32 Å². The number of nitrogens with one attached hydrogen (secondary N) is 1. The monoisotopic (exact) mass is 1140 g/mol. The van der Waals surface area contributed by atoms with Gasteiger partial charge in [-0.25, -0.2) is 4.57 Å². The Hall–Kier alpha value is -0.500. The second-order valence-corrected chi connectivity index (χ2v) is 27.8. The Morgan fingerprint density at radius 1 is 0.380 bits per heavy atom. The van der Waals surface area contributed by atoms with Crippen LogP contribution in [-0.4, -0.2) is 73.4 Å². The van der Waals surface area contributed by atoms with E-state index >= 15 is 0 Å². The van der Waals surface area contributed by atoms with Crippen LogP contribution < -0.4 is 5.32 Å². The van der Waals surface area contributed by atoms with Crippen LogP contribution in [0, 0.1) is 0 Å². The molecule has 3 atom stereocenters. The van der Waals surface area contributed by atoms with Gasteiger partial charge in [-0.3, -0.25) is 13.8 Å². The maximum atomic E-state index is 13.1. The van der Waals surface area contributed by atoms with E-state index in [1.807, 2.05) is 21.1 Å². The zero-order valence-electron chi connectivity index (χ0n) is 54.4. The molecule has 0 bridgehead atoms. The van der Waals surface area contributed by atoms with Crippen molar-refractivity contribution in [1.29, 1.82) is 0 Å². The second-order valence-electron chi connectivity index (χ2n) is 26.3. The summed E-state index contributed by atoms with van der Waals surface area (Å²) >= 11 is 0. The molecule has 0 aliphatic carbocycles. The number of aliphatic hydroxyl groups is 1. The second kappa shape index (κ2) is 62.0. The van der Waals surface area contributed by atoms with Crippen LogP contribution in [0.25, 0.3) is 0 Å². The van der Waals surface area contributed by atoms with Crippen LogP contribution in [0.15, 0.2) is 0 Å². The first-order valence-corrected chi connectivity index (χ1v) is 37.4. The van der Waals surface area contributed by atoms with Crippen LogP contribution in [0.2, 0.25) is 0 Å². The Morgan fingerprint density at radius 2 is 0.608 bits per heavy atom. The summed E-state index contributed by atoms with van der Waals surface area (Å²) in [5, 5.41) is 14.2. The number of hydrogen-bond donors (Lipinski definition) is 3. The van der Waals surface area contributed by atoms with Crippen LogP contribution in [0.1, 0.15) is 393 Å². The first kappa shape index (κ1) is 78.5. The molecule has 0 aromatic heterocycles. The normalized spacial score (nSPS) is 13.6. The highest BCUT2D eigenvalue weighted by molar-refractivity contribution is 7.47. The van der Waals surface area contributed by atoms with Crippen molar-refractivity contribution in [3.63, 3.8) is 0 Å². The van der Waals surface area contributed by atoms with Gasteiger partial charge in [-0.05, 0) is 12.8 Å². The molecule has 0 aliphatic rings. The van der Waals surface area contributed by atoms with Crippen LogP contribution in [0.4, 0.5) is 0 Å². The number of rotatable bonds is 68. The van der Waals surface area contributed by atoms with E-state index in [1.54, 1.807) is 0 Å². The first-order chi connectivity index (χ1) is 38.5. The maximum absolute atomic E-state index is 13.1. The number of carbonyl (C=O) groups is 1. The topological polar surface area (TPSA) is 105 Å². The van der Waals surface area contributed by atoms with Gasteiger partial charge < -0.3 is 19.8 Å². The summed E-state index contributed by atoms with van der Waals surface area (Å²) in [7, 11) is 1.64. The minimum Gasteiger partial charge on any atom is -0.391 e. The van der Waals surface area contributed by atoms with Crippen molar-refractivity contribution in [3.8, 4) is 0 Å². The van der Waals surface area contributed by atoms with Crippen molar-refractivity contribution >= 4 is 13.7 Å². The third kappa shape index (κ3) is 64.9. The summed E-state index contributed by atoms with van der Waals surface area (Å²) in [4.78, 5) is 23.5. The maximum Gasteiger partial charge on any atom is 0.472 e. The molecule has 8 nitrogen and oxygen atoms in total. The predicted octanol–water partition coefficient (Wildman–Crippen LogP) is 22.7. The summed E-state index contributed by atoms with van der Waals surface area (Å²) in [5.74, 6) is -0.133. The van der Waals surface area contributed by atoms with Gasteiger partial charge in [0.2, 0.25) is 5.91 Å². The van der Waals surface area contributed by atoms with Gasteiger partial charge in [-0.2, -0.15) is 0 Å². The fourth-order valence-electron chi connectivity index (χ4n) is 11.5. The molecule has 9 heteroatoms. The van der Waals surface area contributed by atoms with Gasteiger partial charge >= 0.3 is 7.82 Å². The van der Waals surface area contributed by atoms with Gasteiger partial charge in [0.15, 0.2) is 0 Å². The Kier molecular flexibility index (Phi) is 61.7. The van der Waals surface area contributed by atoms with Crippen LogP contribution in [0.3, 0.4) is 0 Å². The van der Waals surface area contributed by atoms with E-state index in [1.165, 1.54) is 327 Å². The molecule has 1 amide bonds. The zero-order valence-corrected chi connectivity index (χ0v) is 55.3. The zero-order chi connectivity index (χ0) is 57.7. The number of aliphatic hydroxyl groups excluding tert-OH is 1. The summed E-state index contributed by atoms with van der Waals surface area (Å²) in [6.07, 6.45) is 77.9. The van der Waals surface area contributed by atoms with Gasteiger partial charge in [0.05, 0.1) is 39.9 Å². The molecule has 0 aromatic carbocycles. The first-order valence-electron chi connectivity index (χ1n) is 35.9. The number of likely N-dealkylation sites (N-methyl/N-ethyl adjacent to an activating group) is 1. The number of phosphoric ester groups is 1. The Balaban J connectivity index is 3.97. The third-order valence-corrected chi connectivity index (χ3v) is 18.1. The molecule has 0 aliphatic heterocycles. The molecule has 474 valence electrons. The molecule has 0 saturated heterocycles. The van der Waals surface area contributed by atoms with E-state index in [9.17, 15) is 19.4 Å². The third-order valence-electron chi connectivity index (χ3n) is 17.1. The number of phosphoric acid groups is 1. The number of hydrogen-bond acceptors (Lipinski definition) is 5. The highest BCUT2D eigenvalue weighted by Crippen LogP contribution is 2.43. The van der Waals surface area contributed by atoms with Crippen LogP contribution in [0.5, 0.6) is 0 Å². The summed E-state index contributed by atoms with van der Waals surface area (Å²) in [6.45, 7) is 4.97. The SMILES string of the molecule is CCCCCCCCCCCCCCCCCCCCCCCCCCCCCCCCCC(O)C(COP(=O)(O)OCC[N+](C)(C)C)NC(=O)CCCCCCCCCCCCCCCCCCCCCCCCCCCC. The molecule has 3 N–H and O–H groups in total. The lowest BCUT2D eigenvalue weighted by atomic mass is 10.0. The van der Waals surface area contributed by atoms with Gasteiger partial charge in [0, 0.05) is 6.42 Å². The smallest absolute Gasteiger partial charge is 0.391 e. The fourth-order valence-corrected chi connectivity index (χ4v) is 12.3. The lowest BCUT2D eigenvalue weighted by Crippen LogP contribution is -2.46. The molecule has 79 heavy (non-hydrogen) atoms. The van der Waals surface area contributed by atoms with Crippen molar-refractivity contribution in [2.75, 3.05) is 40.9 Å². The van der Waals surface area contributed by atoms with Gasteiger partial charge in [0.1, 0.15) is 13.2 Å². The van der Waals surface area contributed by atoms with Crippen molar-refractivity contribution in [3.05, 3.63) is 0 Å².